The molecule has 3 rings (SSSR count). The molecule has 1 unspecified atom stereocenters. The molecule has 1 N–H and O–H groups in total. The number of anilines is 1. The second kappa shape index (κ2) is 3.87. The quantitative estimate of drug-likeness (QED) is 0.737. The number of hydrogen-bond donors (Lipinski definition) is 1. The number of carbonyl (C=O) groups excluding carboxylic acids is 2. The van der Waals surface area contributed by atoms with Crippen LogP contribution in [0.3, 0.4) is 0 Å². The first-order chi connectivity index (χ1) is 8.25. The monoisotopic (exact) mass is 230 g/mol. The van der Waals surface area contributed by atoms with Crippen LogP contribution in [0.5, 0.6) is 0 Å². The van der Waals surface area contributed by atoms with E-state index in [2.05, 4.69) is 5.32 Å². The van der Waals surface area contributed by atoms with Crippen LogP contribution >= 0.6 is 0 Å². The zero-order valence-electron chi connectivity index (χ0n) is 9.48. The lowest BCUT2D eigenvalue weighted by atomic mass is 9.99. The molecular weight excluding hydrogens is 216 g/mol. The fraction of sp³-hybridized carbons (Fsp3) is 0.385. The molecule has 0 aromatic heterocycles. The van der Waals surface area contributed by atoms with Gasteiger partial charge in [-0.15, -0.1) is 0 Å². The zero-order chi connectivity index (χ0) is 11.8. The Labute approximate surface area is 99.6 Å². The van der Waals surface area contributed by atoms with E-state index >= 15 is 0 Å². The Balaban J connectivity index is 1.84. The van der Waals surface area contributed by atoms with Gasteiger partial charge in [0.1, 0.15) is 0 Å². The van der Waals surface area contributed by atoms with Crippen molar-refractivity contribution < 1.29 is 9.59 Å². The van der Waals surface area contributed by atoms with Gasteiger partial charge in [0.25, 0.3) is 0 Å². The lowest BCUT2D eigenvalue weighted by molar-refractivity contribution is -0.140. The fourth-order valence-electron chi connectivity index (χ4n) is 2.61. The SMILES string of the molecule is O=C1CCC(=O)N1C1CNc2ccccc2C1. The van der Waals surface area contributed by atoms with Crippen LogP contribution in [0.2, 0.25) is 0 Å². The molecule has 0 bridgehead atoms. The van der Waals surface area contributed by atoms with E-state index < -0.39 is 0 Å². The number of para-hydroxylation sites is 1. The summed E-state index contributed by atoms with van der Waals surface area (Å²) in [6, 6.07) is 8.01. The van der Waals surface area contributed by atoms with Gasteiger partial charge in [-0.05, 0) is 18.1 Å². The Morgan fingerprint density at radius 1 is 1.12 bits per heavy atom. The maximum atomic E-state index is 11.7. The predicted molar refractivity (Wildman–Crippen MR) is 63.5 cm³/mol. The number of imide groups is 1. The summed E-state index contributed by atoms with van der Waals surface area (Å²) in [6.07, 6.45) is 1.51. The number of rotatable bonds is 1. The highest BCUT2D eigenvalue weighted by molar-refractivity contribution is 6.02. The van der Waals surface area contributed by atoms with Crippen molar-refractivity contribution in [3.05, 3.63) is 29.8 Å². The smallest absolute Gasteiger partial charge is 0.230 e. The van der Waals surface area contributed by atoms with Crippen molar-refractivity contribution >= 4 is 17.5 Å². The highest BCUT2D eigenvalue weighted by Gasteiger charge is 2.36. The summed E-state index contributed by atoms with van der Waals surface area (Å²) in [5.74, 6) is -0.0534. The molecule has 1 fully saturated rings. The van der Waals surface area contributed by atoms with Crippen LogP contribution in [0.15, 0.2) is 24.3 Å². The summed E-state index contributed by atoms with van der Waals surface area (Å²) in [5, 5.41) is 3.28. The van der Waals surface area contributed by atoms with Crippen LogP contribution in [-0.2, 0) is 16.0 Å². The van der Waals surface area contributed by atoms with Gasteiger partial charge >= 0.3 is 0 Å². The Morgan fingerprint density at radius 3 is 2.59 bits per heavy atom. The third-order valence-corrected chi connectivity index (χ3v) is 3.46. The van der Waals surface area contributed by atoms with E-state index in [1.807, 2.05) is 24.3 Å². The van der Waals surface area contributed by atoms with E-state index in [0.29, 0.717) is 19.4 Å². The maximum absolute atomic E-state index is 11.7. The minimum absolute atomic E-state index is 0.0209. The molecule has 2 heterocycles. The average molecular weight is 230 g/mol. The van der Waals surface area contributed by atoms with Crippen LogP contribution < -0.4 is 5.32 Å². The molecule has 1 atom stereocenters. The zero-order valence-corrected chi connectivity index (χ0v) is 9.48. The maximum Gasteiger partial charge on any atom is 0.230 e. The molecule has 0 radical (unpaired) electrons. The number of fused-ring (bicyclic) bond motifs is 1. The van der Waals surface area contributed by atoms with Gasteiger partial charge in [-0.2, -0.15) is 0 Å². The van der Waals surface area contributed by atoms with Crippen molar-refractivity contribution in [2.24, 2.45) is 0 Å². The highest BCUT2D eigenvalue weighted by Crippen LogP contribution is 2.26. The molecule has 4 nitrogen and oxygen atoms in total. The molecule has 0 saturated carbocycles. The Morgan fingerprint density at radius 2 is 1.82 bits per heavy atom. The molecule has 1 aromatic rings. The van der Waals surface area contributed by atoms with Gasteiger partial charge in [0.15, 0.2) is 0 Å². The van der Waals surface area contributed by atoms with E-state index in [1.165, 1.54) is 10.5 Å². The molecule has 2 aliphatic heterocycles. The van der Waals surface area contributed by atoms with Gasteiger partial charge in [0, 0.05) is 25.1 Å². The highest BCUT2D eigenvalue weighted by atomic mass is 16.2. The Kier molecular flexibility index (Phi) is 2.35. The topological polar surface area (TPSA) is 49.4 Å². The third kappa shape index (κ3) is 1.69. The average Bonchev–Trinajstić information content (AvgIpc) is 2.68. The summed E-state index contributed by atoms with van der Waals surface area (Å²) in [7, 11) is 0. The normalized spacial score (nSPS) is 23.5. The first kappa shape index (κ1) is 10.3. The van der Waals surface area contributed by atoms with Crippen LogP contribution in [0.25, 0.3) is 0 Å². The molecule has 2 aliphatic rings. The van der Waals surface area contributed by atoms with E-state index in [1.54, 1.807) is 0 Å². The van der Waals surface area contributed by atoms with Crippen molar-refractivity contribution in [3.8, 4) is 0 Å². The number of hydrogen-bond acceptors (Lipinski definition) is 3. The standard InChI is InChI=1S/C13H14N2O2/c16-12-5-6-13(17)15(12)10-7-9-3-1-2-4-11(9)14-8-10/h1-4,10,14H,5-8H2. The lowest BCUT2D eigenvalue weighted by Crippen LogP contribution is -2.46. The van der Waals surface area contributed by atoms with Crippen molar-refractivity contribution in [1.29, 1.82) is 0 Å². The Bertz CT molecular complexity index is 468. The number of benzene rings is 1. The van der Waals surface area contributed by atoms with Gasteiger partial charge < -0.3 is 5.32 Å². The third-order valence-electron chi connectivity index (χ3n) is 3.46. The van der Waals surface area contributed by atoms with Crippen LogP contribution in [-0.4, -0.2) is 29.3 Å². The number of nitrogens with one attached hydrogen (secondary N) is 1. The fourth-order valence-corrected chi connectivity index (χ4v) is 2.61. The van der Waals surface area contributed by atoms with Crippen molar-refractivity contribution in [2.75, 3.05) is 11.9 Å². The van der Waals surface area contributed by atoms with E-state index in [0.717, 1.165) is 12.1 Å². The second-order valence-electron chi connectivity index (χ2n) is 4.55. The van der Waals surface area contributed by atoms with Crippen molar-refractivity contribution in [1.82, 2.24) is 4.90 Å². The Hall–Kier alpha value is -1.84. The first-order valence-electron chi connectivity index (χ1n) is 5.92. The summed E-state index contributed by atoms with van der Waals surface area (Å²) in [5.41, 5.74) is 2.29. The first-order valence-corrected chi connectivity index (χ1v) is 5.92. The van der Waals surface area contributed by atoms with E-state index in [9.17, 15) is 9.59 Å². The summed E-state index contributed by atoms with van der Waals surface area (Å²) in [4.78, 5) is 24.8. The minimum atomic E-state index is -0.0267. The summed E-state index contributed by atoms with van der Waals surface area (Å²) < 4.78 is 0. The van der Waals surface area contributed by atoms with Gasteiger partial charge in [-0.3, -0.25) is 14.5 Å². The number of carbonyl (C=O) groups is 2. The van der Waals surface area contributed by atoms with E-state index in [4.69, 9.17) is 0 Å². The van der Waals surface area contributed by atoms with E-state index in [-0.39, 0.29) is 17.9 Å². The number of amides is 2. The van der Waals surface area contributed by atoms with Crippen LogP contribution in [0, 0.1) is 0 Å². The van der Waals surface area contributed by atoms with Gasteiger partial charge in [0.05, 0.1) is 6.04 Å². The second-order valence-corrected chi connectivity index (χ2v) is 4.55. The largest absolute Gasteiger partial charge is 0.383 e. The van der Waals surface area contributed by atoms with Crippen LogP contribution in [0.1, 0.15) is 18.4 Å². The summed E-state index contributed by atoms with van der Waals surface area (Å²) in [6.45, 7) is 0.661. The van der Waals surface area contributed by atoms with Gasteiger partial charge in [0.2, 0.25) is 11.8 Å². The number of nitrogens with zero attached hydrogens (tertiary/aromatic N) is 1. The van der Waals surface area contributed by atoms with Crippen molar-refractivity contribution in [3.63, 3.8) is 0 Å². The molecular formula is C13H14N2O2. The van der Waals surface area contributed by atoms with Gasteiger partial charge in [-0.1, -0.05) is 18.2 Å². The minimum Gasteiger partial charge on any atom is -0.383 e. The molecule has 1 saturated heterocycles. The molecule has 88 valence electrons. The number of likely N-dealkylation sites (tertiary alicyclic amines) is 1. The molecule has 1 aromatic carbocycles. The van der Waals surface area contributed by atoms with Crippen molar-refractivity contribution in [2.45, 2.75) is 25.3 Å². The molecule has 0 spiro atoms. The molecule has 0 aliphatic carbocycles. The molecule has 17 heavy (non-hydrogen) atoms. The summed E-state index contributed by atoms with van der Waals surface area (Å²) >= 11 is 0. The predicted octanol–water partition coefficient (Wildman–Crippen LogP) is 1.17. The van der Waals surface area contributed by atoms with Gasteiger partial charge in [-0.25, -0.2) is 0 Å². The lowest BCUT2D eigenvalue weighted by Gasteiger charge is -2.31. The molecule has 2 amide bonds. The molecule has 4 heteroatoms. The van der Waals surface area contributed by atoms with Crippen LogP contribution in [0.4, 0.5) is 5.69 Å².